The molecule has 0 aliphatic rings. The van der Waals surface area contributed by atoms with E-state index in [0.29, 0.717) is 11.8 Å². The summed E-state index contributed by atoms with van der Waals surface area (Å²) in [5, 5.41) is 11.6. The van der Waals surface area contributed by atoms with Crippen molar-refractivity contribution >= 4 is 0 Å². The fourth-order valence-corrected chi connectivity index (χ4v) is 1.99. The summed E-state index contributed by atoms with van der Waals surface area (Å²) >= 11 is 0. The van der Waals surface area contributed by atoms with Gasteiger partial charge in [-0.25, -0.2) is 0 Å². The maximum Gasteiger partial charge on any atom is 0.251 e. The van der Waals surface area contributed by atoms with Crippen molar-refractivity contribution in [3.8, 4) is 17.2 Å². The predicted molar refractivity (Wildman–Crippen MR) is 82.4 cm³/mol. The molecule has 1 N–H and O–H groups in total. The zero-order chi connectivity index (χ0) is 15.3. The average Bonchev–Trinajstić information content (AvgIpc) is 2.91. The Balaban J connectivity index is 1.95. The molecule has 0 fully saturated rings. The molecule has 2 aromatic rings. The first-order valence-electron chi connectivity index (χ1n) is 7.20. The van der Waals surface area contributed by atoms with Crippen molar-refractivity contribution in [2.75, 3.05) is 13.7 Å². The van der Waals surface area contributed by atoms with Gasteiger partial charge in [-0.05, 0) is 45.9 Å². The van der Waals surface area contributed by atoms with E-state index in [1.54, 1.807) is 7.11 Å². The number of hydrogen-bond donors (Lipinski definition) is 1. The Labute approximate surface area is 125 Å². The molecule has 0 bridgehead atoms. The van der Waals surface area contributed by atoms with Crippen LogP contribution in [0.15, 0.2) is 28.7 Å². The van der Waals surface area contributed by atoms with E-state index in [-0.39, 0.29) is 5.54 Å². The molecule has 1 aromatic heterocycles. The van der Waals surface area contributed by atoms with Crippen molar-refractivity contribution in [3.05, 3.63) is 30.2 Å². The molecule has 1 heterocycles. The van der Waals surface area contributed by atoms with Crippen LogP contribution in [0.25, 0.3) is 11.5 Å². The molecular weight excluding hydrogens is 266 g/mol. The highest BCUT2D eigenvalue weighted by Gasteiger charge is 2.13. The van der Waals surface area contributed by atoms with E-state index < -0.39 is 0 Å². The van der Waals surface area contributed by atoms with Crippen molar-refractivity contribution in [2.45, 2.75) is 39.2 Å². The van der Waals surface area contributed by atoms with Gasteiger partial charge < -0.3 is 14.5 Å². The molecule has 0 saturated carbocycles. The molecule has 0 saturated heterocycles. The Hall–Kier alpha value is -1.88. The lowest BCUT2D eigenvalue weighted by Crippen LogP contribution is -2.36. The summed E-state index contributed by atoms with van der Waals surface area (Å²) in [6.07, 6.45) is 1.73. The van der Waals surface area contributed by atoms with Gasteiger partial charge in [-0.1, -0.05) is 12.1 Å². The number of nitrogens with one attached hydrogen (secondary N) is 1. The summed E-state index contributed by atoms with van der Waals surface area (Å²) in [6, 6.07) is 7.64. The van der Waals surface area contributed by atoms with E-state index in [0.717, 1.165) is 30.7 Å². The summed E-state index contributed by atoms with van der Waals surface area (Å²) in [6.45, 7) is 7.38. The molecule has 0 amide bonds. The van der Waals surface area contributed by atoms with Gasteiger partial charge in [0.15, 0.2) is 0 Å². The van der Waals surface area contributed by atoms with E-state index in [1.807, 2.05) is 24.3 Å². The van der Waals surface area contributed by atoms with Crippen LogP contribution in [0.1, 0.15) is 33.1 Å². The zero-order valence-corrected chi connectivity index (χ0v) is 13.1. The number of benzene rings is 1. The van der Waals surface area contributed by atoms with Crippen molar-refractivity contribution in [1.29, 1.82) is 0 Å². The van der Waals surface area contributed by atoms with Gasteiger partial charge in [0.1, 0.15) is 5.75 Å². The maximum absolute atomic E-state index is 5.71. The van der Waals surface area contributed by atoms with E-state index in [2.05, 4.69) is 36.3 Å². The minimum Gasteiger partial charge on any atom is -0.496 e. The Morgan fingerprint density at radius 3 is 2.67 bits per heavy atom. The summed E-state index contributed by atoms with van der Waals surface area (Å²) in [4.78, 5) is 0. The SMILES string of the molecule is COc1ccccc1-c1nnc(CCCNC(C)(C)C)o1. The maximum atomic E-state index is 5.71. The van der Waals surface area contributed by atoms with Gasteiger partial charge in [0.25, 0.3) is 5.89 Å². The van der Waals surface area contributed by atoms with Gasteiger partial charge in [-0.15, -0.1) is 10.2 Å². The van der Waals surface area contributed by atoms with E-state index in [1.165, 1.54) is 0 Å². The normalized spacial score (nSPS) is 11.6. The minimum atomic E-state index is 0.136. The Bertz CT molecular complexity index is 573. The van der Waals surface area contributed by atoms with E-state index in [4.69, 9.17) is 9.15 Å². The number of rotatable bonds is 6. The first-order valence-corrected chi connectivity index (χ1v) is 7.20. The second kappa shape index (κ2) is 6.72. The lowest BCUT2D eigenvalue weighted by molar-refractivity contribution is 0.408. The van der Waals surface area contributed by atoms with Crippen LogP contribution < -0.4 is 10.1 Å². The number of ether oxygens (including phenoxy) is 1. The molecule has 0 radical (unpaired) electrons. The molecule has 5 nitrogen and oxygen atoms in total. The molecule has 0 aliphatic carbocycles. The molecule has 0 atom stereocenters. The van der Waals surface area contributed by atoms with Gasteiger partial charge in [-0.2, -0.15) is 0 Å². The van der Waals surface area contributed by atoms with Crippen LogP contribution in [-0.4, -0.2) is 29.4 Å². The molecule has 5 heteroatoms. The lowest BCUT2D eigenvalue weighted by Gasteiger charge is -2.19. The molecule has 1 aromatic carbocycles. The van der Waals surface area contributed by atoms with Gasteiger partial charge >= 0.3 is 0 Å². The third kappa shape index (κ3) is 4.56. The Morgan fingerprint density at radius 1 is 1.19 bits per heavy atom. The Morgan fingerprint density at radius 2 is 1.95 bits per heavy atom. The number of aromatic nitrogens is 2. The Kier molecular flexibility index (Phi) is 4.96. The molecule has 21 heavy (non-hydrogen) atoms. The molecule has 2 rings (SSSR count). The van der Waals surface area contributed by atoms with Crippen LogP contribution in [0.2, 0.25) is 0 Å². The lowest BCUT2D eigenvalue weighted by atomic mass is 10.1. The predicted octanol–water partition coefficient (Wildman–Crippen LogP) is 3.07. The second-order valence-electron chi connectivity index (χ2n) is 5.98. The zero-order valence-electron chi connectivity index (χ0n) is 13.1. The van der Waals surface area contributed by atoms with Gasteiger partial charge in [-0.3, -0.25) is 0 Å². The van der Waals surface area contributed by atoms with Crippen molar-refractivity contribution in [2.24, 2.45) is 0 Å². The van der Waals surface area contributed by atoms with Crippen LogP contribution in [0.4, 0.5) is 0 Å². The van der Waals surface area contributed by atoms with Gasteiger partial charge in [0.05, 0.1) is 12.7 Å². The second-order valence-corrected chi connectivity index (χ2v) is 5.98. The van der Waals surface area contributed by atoms with E-state index in [9.17, 15) is 0 Å². The number of hydrogen-bond acceptors (Lipinski definition) is 5. The molecule has 114 valence electrons. The highest BCUT2D eigenvalue weighted by molar-refractivity contribution is 5.62. The molecule has 0 unspecified atom stereocenters. The average molecular weight is 289 g/mol. The molecule has 0 spiro atoms. The fraction of sp³-hybridized carbons (Fsp3) is 0.500. The number of nitrogens with zero attached hydrogens (tertiary/aromatic N) is 2. The highest BCUT2D eigenvalue weighted by Crippen LogP contribution is 2.28. The summed E-state index contributed by atoms with van der Waals surface area (Å²) in [7, 11) is 1.63. The molecular formula is C16H23N3O2. The summed E-state index contributed by atoms with van der Waals surface area (Å²) < 4.78 is 11.0. The first-order chi connectivity index (χ1) is 9.99. The smallest absolute Gasteiger partial charge is 0.251 e. The summed E-state index contributed by atoms with van der Waals surface area (Å²) in [5.41, 5.74) is 0.962. The monoisotopic (exact) mass is 289 g/mol. The van der Waals surface area contributed by atoms with Crippen molar-refractivity contribution in [1.82, 2.24) is 15.5 Å². The third-order valence-corrected chi connectivity index (χ3v) is 3.03. The number of aryl methyl sites for hydroxylation is 1. The quantitative estimate of drug-likeness (QED) is 0.828. The number of para-hydroxylation sites is 1. The largest absolute Gasteiger partial charge is 0.496 e. The van der Waals surface area contributed by atoms with E-state index >= 15 is 0 Å². The van der Waals surface area contributed by atoms with Crippen LogP contribution in [-0.2, 0) is 6.42 Å². The first kappa shape index (κ1) is 15.5. The van der Waals surface area contributed by atoms with Gasteiger partial charge in [0.2, 0.25) is 5.89 Å². The standard InChI is InChI=1S/C16H23N3O2/c1-16(2,3)17-11-7-10-14-18-19-15(21-14)12-8-5-6-9-13(12)20-4/h5-6,8-9,17H,7,10-11H2,1-4H3. The van der Waals surface area contributed by atoms with Crippen molar-refractivity contribution < 1.29 is 9.15 Å². The van der Waals surface area contributed by atoms with Crippen LogP contribution >= 0.6 is 0 Å². The summed E-state index contributed by atoms with van der Waals surface area (Å²) in [5.74, 6) is 1.90. The minimum absolute atomic E-state index is 0.136. The van der Waals surface area contributed by atoms with Gasteiger partial charge in [0, 0.05) is 12.0 Å². The molecule has 0 aliphatic heterocycles. The van der Waals surface area contributed by atoms with Crippen LogP contribution in [0.5, 0.6) is 5.75 Å². The van der Waals surface area contributed by atoms with Crippen LogP contribution in [0.3, 0.4) is 0 Å². The van der Waals surface area contributed by atoms with Crippen molar-refractivity contribution in [3.63, 3.8) is 0 Å². The fourth-order valence-electron chi connectivity index (χ4n) is 1.99. The number of methoxy groups -OCH3 is 1. The topological polar surface area (TPSA) is 60.2 Å². The van der Waals surface area contributed by atoms with Crippen LogP contribution in [0, 0.1) is 0 Å². The third-order valence-electron chi connectivity index (χ3n) is 3.03. The highest BCUT2D eigenvalue weighted by atomic mass is 16.5.